The van der Waals surface area contributed by atoms with E-state index in [1.165, 1.54) is 11.3 Å². The predicted octanol–water partition coefficient (Wildman–Crippen LogP) is 5.07. The molecule has 3 aromatic rings. The number of aromatic nitrogens is 2. The van der Waals surface area contributed by atoms with Crippen LogP contribution in [0.2, 0.25) is 5.02 Å². The number of nitrogens with zero attached hydrogens (tertiary/aromatic N) is 3. The van der Waals surface area contributed by atoms with Crippen LogP contribution in [-0.2, 0) is 4.79 Å². The number of thiazole rings is 1. The number of allylic oxidation sites excluding steroid dienone is 1. The Bertz CT molecular complexity index is 1230. The first kappa shape index (κ1) is 21.1. The third-order valence-corrected chi connectivity index (χ3v) is 6.94. The fraction of sp³-hybridized carbons (Fsp3) is 0.273. The van der Waals surface area contributed by atoms with Gasteiger partial charge in [0.1, 0.15) is 16.8 Å². The minimum atomic E-state index is -0.470. The first-order valence-corrected chi connectivity index (χ1v) is 11.8. The van der Waals surface area contributed by atoms with E-state index < -0.39 is 6.04 Å². The average Bonchev–Trinajstić information content (AvgIpc) is 3.30. The van der Waals surface area contributed by atoms with E-state index in [0.717, 1.165) is 34.8 Å². The third-order valence-electron chi connectivity index (χ3n) is 5.46. The lowest BCUT2D eigenvalue weighted by Gasteiger charge is -2.37. The van der Waals surface area contributed by atoms with Crippen LogP contribution < -0.4 is 10.6 Å². The molecule has 1 fully saturated rings. The van der Waals surface area contributed by atoms with E-state index in [1.54, 1.807) is 13.0 Å². The van der Waals surface area contributed by atoms with Gasteiger partial charge in [-0.2, -0.15) is 0 Å². The number of benzene rings is 1. The molecule has 32 heavy (non-hydrogen) atoms. The lowest BCUT2D eigenvalue weighted by molar-refractivity contribution is -0.113. The second kappa shape index (κ2) is 8.31. The summed E-state index contributed by atoms with van der Waals surface area (Å²) >= 11 is 13.2. The van der Waals surface area contributed by atoms with Crippen LogP contribution in [0.5, 0.6) is 0 Å². The minimum Gasteiger partial charge on any atom is -0.360 e. The van der Waals surface area contributed by atoms with Crippen molar-refractivity contribution >= 4 is 52.0 Å². The number of nitrogens with one attached hydrogen (secondary N) is 2. The maximum atomic E-state index is 13.4. The van der Waals surface area contributed by atoms with Gasteiger partial charge in [-0.1, -0.05) is 28.9 Å². The summed E-state index contributed by atoms with van der Waals surface area (Å²) in [4.78, 5) is 20.2. The topological polar surface area (TPSA) is 83.3 Å². The van der Waals surface area contributed by atoms with E-state index in [9.17, 15) is 4.79 Å². The van der Waals surface area contributed by atoms with Crippen molar-refractivity contribution in [3.8, 4) is 10.6 Å². The summed E-state index contributed by atoms with van der Waals surface area (Å²) < 4.78 is 5.09. The van der Waals surface area contributed by atoms with Gasteiger partial charge in [-0.25, -0.2) is 4.98 Å². The van der Waals surface area contributed by atoms with Crippen LogP contribution in [0, 0.1) is 6.92 Å². The predicted molar refractivity (Wildman–Crippen MR) is 128 cm³/mol. The van der Waals surface area contributed by atoms with Crippen LogP contribution in [0.1, 0.15) is 37.3 Å². The molecular formula is C22H20ClN5O2S2. The van der Waals surface area contributed by atoms with Gasteiger partial charge in [0, 0.05) is 33.8 Å². The second-order valence-corrected chi connectivity index (χ2v) is 9.53. The Kier molecular flexibility index (Phi) is 5.48. The molecule has 3 heterocycles. The molecule has 5 rings (SSSR count). The minimum absolute atomic E-state index is 0.262. The van der Waals surface area contributed by atoms with Gasteiger partial charge in [-0.05, 0) is 51.0 Å². The van der Waals surface area contributed by atoms with Crippen molar-refractivity contribution < 1.29 is 9.32 Å². The molecule has 0 spiro atoms. The molecule has 164 valence electrons. The summed E-state index contributed by atoms with van der Waals surface area (Å²) in [7, 11) is 0. The van der Waals surface area contributed by atoms with Crippen LogP contribution in [-0.4, -0.2) is 32.1 Å². The highest BCUT2D eigenvalue weighted by Gasteiger charge is 2.41. The summed E-state index contributed by atoms with van der Waals surface area (Å²) in [6.45, 7) is 3.72. The smallest absolute Gasteiger partial charge is 0.257 e. The summed E-state index contributed by atoms with van der Waals surface area (Å²) in [5.41, 5.74) is 3.10. The third kappa shape index (κ3) is 4.03. The van der Waals surface area contributed by atoms with Crippen molar-refractivity contribution in [2.24, 2.45) is 0 Å². The Morgan fingerprint density at radius 3 is 2.72 bits per heavy atom. The van der Waals surface area contributed by atoms with Gasteiger partial charge in [-0.15, -0.1) is 11.3 Å². The van der Waals surface area contributed by atoms with Gasteiger partial charge in [0.2, 0.25) is 0 Å². The largest absolute Gasteiger partial charge is 0.360 e. The number of hydrogen-bond acceptors (Lipinski definition) is 6. The Morgan fingerprint density at radius 2 is 2.06 bits per heavy atom. The van der Waals surface area contributed by atoms with Gasteiger partial charge in [0.05, 0.1) is 11.3 Å². The summed E-state index contributed by atoms with van der Waals surface area (Å²) in [6.07, 6.45) is 2.11. The normalized spacial score (nSPS) is 18.7. The quantitative estimate of drug-likeness (QED) is 0.488. The number of rotatable bonds is 5. The first-order chi connectivity index (χ1) is 15.4. The van der Waals surface area contributed by atoms with Gasteiger partial charge >= 0.3 is 0 Å². The molecule has 1 aliphatic heterocycles. The van der Waals surface area contributed by atoms with Gasteiger partial charge < -0.3 is 20.1 Å². The molecule has 0 saturated heterocycles. The number of thiocarbonyl (C=S) groups is 1. The molecule has 1 saturated carbocycles. The fourth-order valence-corrected chi connectivity index (χ4v) is 5.18. The SMILES string of the molecule is CC1=C(C(=O)Nc2cc(C)on2)[C@@H](c2csc(-c3ccc(Cl)cc3)n2)NC(=S)N1C1CC1. The molecule has 1 aromatic carbocycles. The molecule has 1 aliphatic carbocycles. The monoisotopic (exact) mass is 485 g/mol. The number of anilines is 1. The van der Waals surface area contributed by atoms with E-state index in [4.69, 9.17) is 33.3 Å². The van der Waals surface area contributed by atoms with Gasteiger partial charge in [-0.3, -0.25) is 4.79 Å². The number of amides is 1. The lowest BCUT2D eigenvalue weighted by Crippen LogP contribution is -2.49. The number of halogens is 1. The van der Waals surface area contributed by atoms with Gasteiger partial charge in [0.15, 0.2) is 10.9 Å². The number of aryl methyl sites for hydroxylation is 1. The molecule has 10 heteroatoms. The Balaban J connectivity index is 1.51. The summed E-state index contributed by atoms with van der Waals surface area (Å²) in [5, 5.41) is 14.2. The standard InChI is InChI=1S/C22H20ClN5O2S2/c1-11-9-17(27-30-11)25-20(29)18-12(2)28(15-7-8-15)22(31)26-19(18)16-10-32-21(24-16)13-3-5-14(23)6-4-13/h3-6,9-10,15,19H,7-8H2,1-2H3,(H,26,31)(H,25,27,29)/t19-/m1/s1. The molecule has 2 N–H and O–H groups in total. The fourth-order valence-electron chi connectivity index (χ4n) is 3.80. The lowest BCUT2D eigenvalue weighted by atomic mass is 9.98. The van der Waals surface area contributed by atoms with Crippen molar-refractivity contribution in [1.82, 2.24) is 20.4 Å². The van der Waals surface area contributed by atoms with E-state index in [0.29, 0.717) is 33.3 Å². The van der Waals surface area contributed by atoms with Crippen molar-refractivity contribution in [2.45, 2.75) is 38.8 Å². The molecule has 1 atom stereocenters. The zero-order chi connectivity index (χ0) is 22.4. The van der Waals surface area contributed by atoms with Crippen LogP contribution in [0.15, 0.2) is 51.5 Å². The van der Waals surface area contributed by atoms with Crippen LogP contribution in [0.3, 0.4) is 0 Å². The number of carbonyl (C=O) groups excluding carboxylic acids is 1. The maximum absolute atomic E-state index is 13.4. The van der Waals surface area contributed by atoms with Crippen molar-refractivity contribution in [2.75, 3.05) is 5.32 Å². The van der Waals surface area contributed by atoms with E-state index in [1.807, 2.05) is 41.5 Å². The maximum Gasteiger partial charge on any atom is 0.257 e. The molecule has 0 unspecified atom stereocenters. The van der Waals surface area contributed by atoms with E-state index in [2.05, 4.69) is 15.8 Å². The molecule has 7 nitrogen and oxygen atoms in total. The molecule has 0 radical (unpaired) electrons. The molecule has 1 amide bonds. The van der Waals surface area contributed by atoms with Gasteiger partial charge in [0.25, 0.3) is 5.91 Å². The number of carbonyl (C=O) groups is 1. The average molecular weight is 486 g/mol. The van der Waals surface area contributed by atoms with E-state index >= 15 is 0 Å². The van der Waals surface area contributed by atoms with Crippen LogP contribution in [0.25, 0.3) is 10.6 Å². The molecule has 0 bridgehead atoms. The summed E-state index contributed by atoms with van der Waals surface area (Å²) in [6, 6.07) is 9.07. The highest BCUT2D eigenvalue weighted by molar-refractivity contribution is 7.80. The van der Waals surface area contributed by atoms with Crippen LogP contribution >= 0.6 is 35.2 Å². The van der Waals surface area contributed by atoms with E-state index in [-0.39, 0.29) is 5.91 Å². The highest BCUT2D eigenvalue weighted by atomic mass is 35.5. The molecule has 2 aliphatic rings. The Hall–Kier alpha value is -2.75. The first-order valence-electron chi connectivity index (χ1n) is 10.2. The van der Waals surface area contributed by atoms with Crippen molar-refractivity contribution in [1.29, 1.82) is 0 Å². The molecular weight excluding hydrogens is 466 g/mol. The molecule has 2 aromatic heterocycles. The highest BCUT2D eigenvalue weighted by Crippen LogP contribution is 2.39. The Labute approximate surface area is 199 Å². The van der Waals surface area contributed by atoms with Crippen molar-refractivity contribution in [3.63, 3.8) is 0 Å². The van der Waals surface area contributed by atoms with Crippen LogP contribution in [0.4, 0.5) is 5.82 Å². The number of hydrogen-bond donors (Lipinski definition) is 2. The Morgan fingerprint density at radius 1 is 1.31 bits per heavy atom. The zero-order valence-corrected chi connectivity index (χ0v) is 19.8. The van der Waals surface area contributed by atoms with Crippen molar-refractivity contribution in [3.05, 3.63) is 63.5 Å². The second-order valence-electron chi connectivity index (χ2n) is 7.84. The summed E-state index contributed by atoms with van der Waals surface area (Å²) in [5.74, 6) is 0.734. The zero-order valence-electron chi connectivity index (χ0n) is 17.4.